The molecule has 0 saturated heterocycles. The van der Waals surface area contributed by atoms with Crippen molar-refractivity contribution in [1.82, 2.24) is 0 Å². The predicted octanol–water partition coefficient (Wildman–Crippen LogP) is 2.75. The first-order valence-corrected chi connectivity index (χ1v) is 10.2. The second-order valence-corrected chi connectivity index (χ2v) is 7.62. The van der Waals surface area contributed by atoms with E-state index in [0.717, 1.165) is 11.1 Å². The number of aliphatic hydroxyl groups excluding tert-OH is 1. The van der Waals surface area contributed by atoms with Gasteiger partial charge in [-0.05, 0) is 11.1 Å². The summed E-state index contributed by atoms with van der Waals surface area (Å²) in [6.07, 6.45) is -3.11. The highest BCUT2D eigenvalue weighted by molar-refractivity contribution is 5.69. The molecule has 0 aliphatic heterocycles. The molecule has 5 atom stereocenters. The molecule has 166 valence electrons. The molecule has 1 aliphatic rings. The Morgan fingerprint density at radius 1 is 1.00 bits per heavy atom. The maximum absolute atomic E-state index is 12.0. The topological polar surface area (TPSA) is 108 Å². The van der Waals surface area contributed by atoms with E-state index in [-0.39, 0.29) is 26.1 Å². The van der Waals surface area contributed by atoms with Crippen LogP contribution in [0.2, 0.25) is 0 Å². The number of nitrogens with zero attached hydrogens (tertiary/aromatic N) is 1. The zero-order chi connectivity index (χ0) is 22.2. The molecule has 8 heteroatoms. The maximum atomic E-state index is 12.0. The molecule has 2 aromatic rings. The summed E-state index contributed by atoms with van der Waals surface area (Å²) in [6, 6.07) is 17.6. The fourth-order valence-electron chi connectivity index (χ4n) is 3.97. The number of rotatable bonds is 9. The number of esters is 1. The van der Waals surface area contributed by atoms with Gasteiger partial charge >= 0.3 is 5.97 Å². The molecule has 1 fully saturated rings. The van der Waals surface area contributed by atoms with Crippen LogP contribution in [0, 0.1) is 16.0 Å². The fraction of sp³-hybridized carbons (Fsp3) is 0.435. The summed E-state index contributed by atoms with van der Waals surface area (Å²) in [7, 11) is 1.24. The van der Waals surface area contributed by atoms with Crippen LogP contribution in [0.1, 0.15) is 24.0 Å². The van der Waals surface area contributed by atoms with Crippen LogP contribution in [-0.4, -0.2) is 47.5 Å². The molecule has 1 aliphatic carbocycles. The van der Waals surface area contributed by atoms with Gasteiger partial charge in [-0.2, -0.15) is 0 Å². The minimum atomic E-state index is -1.15. The Labute approximate surface area is 180 Å². The van der Waals surface area contributed by atoms with Crippen LogP contribution < -0.4 is 0 Å². The third-order valence-electron chi connectivity index (χ3n) is 5.57. The van der Waals surface area contributed by atoms with Crippen molar-refractivity contribution in [3.8, 4) is 0 Å². The monoisotopic (exact) mass is 429 g/mol. The normalized spacial score (nSPS) is 25.7. The molecule has 2 aromatic carbocycles. The van der Waals surface area contributed by atoms with E-state index in [0.29, 0.717) is 0 Å². The molecular weight excluding hydrogens is 402 g/mol. The van der Waals surface area contributed by atoms with Crippen LogP contribution in [0.4, 0.5) is 0 Å². The highest BCUT2D eigenvalue weighted by Gasteiger charge is 2.52. The summed E-state index contributed by atoms with van der Waals surface area (Å²) in [5.74, 6) is -1.36. The van der Waals surface area contributed by atoms with E-state index in [4.69, 9.17) is 14.2 Å². The lowest BCUT2D eigenvalue weighted by molar-refractivity contribution is -0.543. The van der Waals surface area contributed by atoms with E-state index < -0.39 is 41.2 Å². The average molecular weight is 429 g/mol. The number of carbonyl (C=O) groups is 1. The van der Waals surface area contributed by atoms with Crippen LogP contribution in [0.3, 0.4) is 0 Å². The van der Waals surface area contributed by atoms with Gasteiger partial charge in [0.15, 0.2) is 0 Å². The lowest BCUT2D eigenvalue weighted by Crippen LogP contribution is -2.57. The Kier molecular flexibility index (Phi) is 8.11. The highest BCUT2D eigenvalue weighted by atomic mass is 16.6. The molecule has 0 aromatic heterocycles. The minimum Gasteiger partial charge on any atom is -0.469 e. The summed E-state index contributed by atoms with van der Waals surface area (Å²) >= 11 is 0. The van der Waals surface area contributed by atoms with Gasteiger partial charge in [0.25, 0.3) is 0 Å². The zero-order valence-electron chi connectivity index (χ0n) is 17.3. The number of carbonyl (C=O) groups excluding carboxylic acids is 1. The van der Waals surface area contributed by atoms with Crippen LogP contribution >= 0.6 is 0 Å². The number of hydrogen-bond donors (Lipinski definition) is 1. The van der Waals surface area contributed by atoms with E-state index in [1.165, 1.54) is 7.11 Å². The lowest BCUT2D eigenvalue weighted by Gasteiger charge is -2.41. The van der Waals surface area contributed by atoms with Crippen molar-refractivity contribution in [3.05, 3.63) is 81.9 Å². The fourth-order valence-corrected chi connectivity index (χ4v) is 3.97. The van der Waals surface area contributed by atoms with E-state index in [9.17, 15) is 20.0 Å². The van der Waals surface area contributed by atoms with Crippen molar-refractivity contribution in [2.45, 2.75) is 50.4 Å². The average Bonchev–Trinajstić information content (AvgIpc) is 2.79. The molecule has 0 unspecified atom stereocenters. The van der Waals surface area contributed by atoms with Crippen molar-refractivity contribution in [2.24, 2.45) is 5.92 Å². The second-order valence-electron chi connectivity index (χ2n) is 7.62. The van der Waals surface area contributed by atoms with Crippen molar-refractivity contribution in [3.63, 3.8) is 0 Å². The van der Waals surface area contributed by atoms with Gasteiger partial charge in [0.2, 0.25) is 6.04 Å². The molecule has 31 heavy (non-hydrogen) atoms. The molecular formula is C23H27NO7. The SMILES string of the molecule is COC(=O)C[C@H]1[C@H](OCc2ccccc2)[C@H](OCc2ccccc2)[C@H](O)C[C@@H]1[N+](=O)[O-]. The summed E-state index contributed by atoms with van der Waals surface area (Å²) in [6.45, 7) is 0.382. The Morgan fingerprint density at radius 2 is 1.52 bits per heavy atom. The molecule has 3 rings (SSSR count). The molecule has 0 bridgehead atoms. The van der Waals surface area contributed by atoms with E-state index >= 15 is 0 Å². The second kappa shape index (κ2) is 11.0. The van der Waals surface area contributed by atoms with Gasteiger partial charge in [0.05, 0.1) is 44.9 Å². The number of hydrogen-bond acceptors (Lipinski definition) is 7. The smallest absolute Gasteiger partial charge is 0.306 e. The van der Waals surface area contributed by atoms with Gasteiger partial charge in [-0.3, -0.25) is 14.9 Å². The Balaban J connectivity index is 1.84. The maximum Gasteiger partial charge on any atom is 0.306 e. The largest absolute Gasteiger partial charge is 0.469 e. The summed E-state index contributed by atoms with van der Waals surface area (Å²) < 4.78 is 16.9. The van der Waals surface area contributed by atoms with E-state index in [1.54, 1.807) is 0 Å². The first-order chi connectivity index (χ1) is 15.0. The Morgan fingerprint density at radius 3 is 2.00 bits per heavy atom. The number of methoxy groups -OCH3 is 1. The van der Waals surface area contributed by atoms with Gasteiger partial charge in [-0.1, -0.05) is 60.7 Å². The zero-order valence-corrected chi connectivity index (χ0v) is 17.3. The molecule has 8 nitrogen and oxygen atoms in total. The van der Waals surface area contributed by atoms with E-state index in [2.05, 4.69) is 0 Å². The van der Waals surface area contributed by atoms with Gasteiger partial charge in [-0.25, -0.2) is 0 Å². The predicted molar refractivity (Wildman–Crippen MR) is 112 cm³/mol. The number of benzene rings is 2. The van der Waals surface area contributed by atoms with Crippen molar-refractivity contribution < 1.29 is 29.0 Å². The number of ether oxygens (including phenoxy) is 3. The number of aliphatic hydroxyl groups is 1. The third kappa shape index (κ3) is 6.10. The molecule has 0 heterocycles. The molecule has 0 spiro atoms. The van der Waals surface area contributed by atoms with Crippen molar-refractivity contribution in [1.29, 1.82) is 0 Å². The summed E-state index contributed by atoms with van der Waals surface area (Å²) in [5.41, 5.74) is 1.77. The molecule has 1 N–H and O–H groups in total. The van der Waals surface area contributed by atoms with Crippen LogP contribution in [0.15, 0.2) is 60.7 Å². The molecule has 1 saturated carbocycles. The third-order valence-corrected chi connectivity index (χ3v) is 5.57. The summed E-state index contributed by atoms with van der Waals surface area (Å²) in [4.78, 5) is 23.3. The molecule has 0 radical (unpaired) electrons. The standard InChI is InChI=1S/C23H27NO7/c1-29-21(26)12-18-19(24(27)28)13-20(25)23(31-15-17-10-6-3-7-11-17)22(18)30-14-16-8-4-2-5-9-16/h2-11,18-20,22-23,25H,12-15H2,1H3/t18-,19+,20-,22+,23-/m1/s1. The van der Waals surface area contributed by atoms with E-state index in [1.807, 2.05) is 60.7 Å². The summed E-state index contributed by atoms with van der Waals surface area (Å²) in [5, 5.41) is 22.4. The van der Waals surface area contributed by atoms with Gasteiger partial charge in [0.1, 0.15) is 6.10 Å². The first-order valence-electron chi connectivity index (χ1n) is 10.2. The quantitative estimate of drug-likeness (QED) is 0.371. The van der Waals surface area contributed by atoms with Crippen molar-refractivity contribution >= 4 is 5.97 Å². The van der Waals surface area contributed by atoms with Crippen molar-refractivity contribution in [2.75, 3.05) is 7.11 Å². The van der Waals surface area contributed by atoms with Crippen LogP contribution in [0.25, 0.3) is 0 Å². The molecule has 0 amide bonds. The first kappa shape index (κ1) is 22.9. The van der Waals surface area contributed by atoms with Gasteiger partial charge in [-0.15, -0.1) is 0 Å². The Bertz CT molecular complexity index is 846. The lowest BCUT2D eigenvalue weighted by atomic mass is 9.77. The van der Waals surface area contributed by atoms with Gasteiger partial charge in [0, 0.05) is 11.3 Å². The Hall–Kier alpha value is -2.81. The number of nitro groups is 1. The minimum absolute atomic E-state index is 0.126. The van der Waals surface area contributed by atoms with Crippen LogP contribution in [-0.2, 0) is 32.2 Å². The van der Waals surface area contributed by atoms with Crippen LogP contribution in [0.5, 0.6) is 0 Å². The van der Waals surface area contributed by atoms with Gasteiger partial charge < -0.3 is 19.3 Å². The highest BCUT2D eigenvalue weighted by Crippen LogP contribution is 2.35.